The summed E-state index contributed by atoms with van der Waals surface area (Å²) in [7, 11) is 0. The summed E-state index contributed by atoms with van der Waals surface area (Å²) in [5.74, 6) is -0.450. The van der Waals surface area contributed by atoms with Gasteiger partial charge in [0.2, 0.25) is 5.91 Å². The number of nitrogens with zero attached hydrogens (tertiary/aromatic N) is 2. The number of carbonyl (C=O) groups is 2. The van der Waals surface area contributed by atoms with E-state index in [1.54, 1.807) is 32.0 Å². The molecule has 3 aromatic rings. The number of nitrogens with one attached hydrogen (secondary N) is 1. The fourth-order valence-corrected chi connectivity index (χ4v) is 3.85. The molecule has 9 heteroatoms. The van der Waals surface area contributed by atoms with E-state index in [0.29, 0.717) is 38.7 Å². The van der Waals surface area contributed by atoms with Gasteiger partial charge in [0.15, 0.2) is 0 Å². The third-order valence-corrected chi connectivity index (χ3v) is 5.56. The van der Waals surface area contributed by atoms with Crippen LogP contribution in [0.1, 0.15) is 35.1 Å². The third-order valence-electron chi connectivity index (χ3n) is 4.34. The molecule has 28 heavy (non-hydrogen) atoms. The molecule has 1 unspecified atom stereocenters. The van der Waals surface area contributed by atoms with Crippen molar-refractivity contribution in [3.8, 4) is 5.75 Å². The van der Waals surface area contributed by atoms with Crippen LogP contribution in [0.3, 0.4) is 0 Å². The lowest BCUT2D eigenvalue weighted by molar-refractivity contribution is -0.118. The van der Waals surface area contributed by atoms with Crippen LogP contribution in [0.2, 0.25) is 0 Å². The standard InChI is InChI=1S/C19H20N4O4S/c1-4-27-13-8-6-5-7-12(13)22-17(25)11(3)23-9-21-18-14(19(23)26)10(2)15(28-18)16(20)24/h5-9,11H,4H2,1-3H3,(H2,20,24)(H,22,25). The molecule has 0 radical (unpaired) electrons. The molecule has 0 aliphatic heterocycles. The minimum Gasteiger partial charge on any atom is -0.492 e. The minimum absolute atomic E-state index is 0.292. The Morgan fingerprint density at radius 1 is 1.36 bits per heavy atom. The molecule has 2 heterocycles. The first kappa shape index (κ1) is 19.6. The highest BCUT2D eigenvalue weighted by Crippen LogP contribution is 2.27. The fourth-order valence-electron chi connectivity index (χ4n) is 2.86. The summed E-state index contributed by atoms with van der Waals surface area (Å²) < 4.78 is 6.75. The molecular weight excluding hydrogens is 380 g/mol. The second-order valence-electron chi connectivity index (χ2n) is 6.15. The minimum atomic E-state index is -0.824. The molecule has 3 rings (SSSR count). The number of anilines is 1. The Balaban J connectivity index is 1.95. The van der Waals surface area contributed by atoms with E-state index >= 15 is 0 Å². The molecular formula is C19H20N4O4S. The average Bonchev–Trinajstić information content (AvgIpc) is 3.01. The second kappa shape index (κ2) is 7.81. The number of hydrogen-bond donors (Lipinski definition) is 2. The number of nitrogens with two attached hydrogens (primary N) is 1. The average molecular weight is 400 g/mol. The van der Waals surface area contributed by atoms with E-state index < -0.39 is 23.4 Å². The van der Waals surface area contributed by atoms with Crippen LogP contribution in [0, 0.1) is 6.92 Å². The molecule has 2 aromatic heterocycles. The van der Waals surface area contributed by atoms with Crippen molar-refractivity contribution in [3.05, 3.63) is 51.4 Å². The predicted octanol–water partition coefficient (Wildman–Crippen LogP) is 2.46. The van der Waals surface area contributed by atoms with Gasteiger partial charge in [-0.2, -0.15) is 0 Å². The second-order valence-corrected chi connectivity index (χ2v) is 7.15. The Morgan fingerprint density at radius 2 is 2.07 bits per heavy atom. The summed E-state index contributed by atoms with van der Waals surface area (Å²) in [5, 5.41) is 3.09. The number of benzene rings is 1. The van der Waals surface area contributed by atoms with Gasteiger partial charge < -0.3 is 15.8 Å². The van der Waals surface area contributed by atoms with Crippen molar-refractivity contribution >= 4 is 39.1 Å². The van der Waals surface area contributed by atoms with E-state index in [-0.39, 0.29) is 0 Å². The highest BCUT2D eigenvalue weighted by atomic mass is 32.1. The van der Waals surface area contributed by atoms with Gasteiger partial charge in [-0.05, 0) is 38.5 Å². The monoisotopic (exact) mass is 400 g/mol. The largest absolute Gasteiger partial charge is 0.492 e. The highest BCUT2D eigenvalue weighted by Gasteiger charge is 2.22. The Morgan fingerprint density at radius 3 is 2.75 bits per heavy atom. The van der Waals surface area contributed by atoms with Crippen molar-refractivity contribution in [2.24, 2.45) is 5.73 Å². The quantitative estimate of drug-likeness (QED) is 0.659. The van der Waals surface area contributed by atoms with E-state index in [1.807, 2.05) is 13.0 Å². The Kier molecular flexibility index (Phi) is 5.46. The Bertz CT molecular complexity index is 1120. The maximum Gasteiger partial charge on any atom is 0.263 e. The zero-order valence-electron chi connectivity index (χ0n) is 15.7. The molecule has 0 saturated heterocycles. The van der Waals surface area contributed by atoms with Gasteiger partial charge in [-0.1, -0.05) is 12.1 Å². The number of para-hydroxylation sites is 2. The van der Waals surface area contributed by atoms with Crippen LogP contribution in [0.5, 0.6) is 5.75 Å². The van der Waals surface area contributed by atoms with E-state index in [4.69, 9.17) is 10.5 Å². The molecule has 2 amide bonds. The van der Waals surface area contributed by atoms with Gasteiger partial charge in [0.25, 0.3) is 11.5 Å². The van der Waals surface area contributed by atoms with Crippen LogP contribution < -0.4 is 21.3 Å². The summed E-state index contributed by atoms with van der Waals surface area (Å²) in [6, 6.07) is 6.24. The number of aryl methyl sites for hydroxylation is 1. The molecule has 0 bridgehead atoms. The lowest BCUT2D eigenvalue weighted by Crippen LogP contribution is -2.32. The van der Waals surface area contributed by atoms with Crippen molar-refractivity contribution in [2.45, 2.75) is 26.8 Å². The van der Waals surface area contributed by atoms with Crippen LogP contribution in [0.4, 0.5) is 5.69 Å². The van der Waals surface area contributed by atoms with Crippen LogP contribution in [-0.4, -0.2) is 28.0 Å². The SMILES string of the molecule is CCOc1ccccc1NC(=O)C(C)n1cnc2sc(C(N)=O)c(C)c2c1=O. The first-order valence-electron chi connectivity index (χ1n) is 8.67. The third kappa shape index (κ3) is 3.48. The summed E-state index contributed by atoms with van der Waals surface area (Å²) >= 11 is 1.07. The number of aromatic nitrogens is 2. The Labute approximate surface area is 165 Å². The molecule has 0 saturated carbocycles. The molecule has 8 nitrogen and oxygen atoms in total. The number of thiophene rings is 1. The smallest absolute Gasteiger partial charge is 0.263 e. The summed E-state index contributed by atoms with van der Waals surface area (Å²) in [4.78, 5) is 42.1. The first-order valence-corrected chi connectivity index (χ1v) is 9.49. The Hall–Kier alpha value is -3.20. The fraction of sp³-hybridized carbons (Fsp3) is 0.263. The number of fused-ring (bicyclic) bond motifs is 1. The molecule has 0 aliphatic rings. The van der Waals surface area contributed by atoms with Crippen molar-refractivity contribution in [1.82, 2.24) is 9.55 Å². The van der Waals surface area contributed by atoms with Gasteiger partial charge in [-0.3, -0.25) is 19.0 Å². The van der Waals surface area contributed by atoms with Crippen molar-refractivity contribution in [2.75, 3.05) is 11.9 Å². The van der Waals surface area contributed by atoms with Gasteiger partial charge in [0.05, 0.1) is 28.9 Å². The topological polar surface area (TPSA) is 116 Å². The number of hydrogen-bond acceptors (Lipinski definition) is 6. The molecule has 1 atom stereocenters. The number of amides is 2. The van der Waals surface area contributed by atoms with Crippen LogP contribution in [-0.2, 0) is 4.79 Å². The molecule has 1 aromatic carbocycles. The summed E-state index contributed by atoms with van der Waals surface area (Å²) in [6.45, 7) is 5.56. The van der Waals surface area contributed by atoms with E-state index in [9.17, 15) is 14.4 Å². The lowest BCUT2D eigenvalue weighted by Gasteiger charge is -2.16. The lowest BCUT2D eigenvalue weighted by atomic mass is 10.2. The highest BCUT2D eigenvalue weighted by molar-refractivity contribution is 7.20. The maximum atomic E-state index is 12.9. The molecule has 0 fully saturated rings. The molecule has 0 aliphatic carbocycles. The van der Waals surface area contributed by atoms with Gasteiger partial charge in [0, 0.05) is 0 Å². The normalized spacial score (nSPS) is 12.0. The number of ether oxygens (including phenoxy) is 1. The number of primary amides is 1. The van der Waals surface area contributed by atoms with Gasteiger partial charge in [-0.15, -0.1) is 11.3 Å². The van der Waals surface area contributed by atoms with E-state index in [0.717, 1.165) is 11.3 Å². The van der Waals surface area contributed by atoms with E-state index in [2.05, 4.69) is 10.3 Å². The van der Waals surface area contributed by atoms with Gasteiger partial charge in [-0.25, -0.2) is 4.98 Å². The number of carbonyl (C=O) groups excluding carboxylic acids is 2. The molecule has 0 spiro atoms. The van der Waals surface area contributed by atoms with Gasteiger partial charge in [0.1, 0.15) is 16.6 Å². The zero-order chi connectivity index (χ0) is 20.4. The predicted molar refractivity (Wildman–Crippen MR) is 108 cm³/mol. The zero-order valence-corrected chi connectivity index (χ0v) is 16.5. The summed E-state index contributed by atoms with van der Waals surface area (Å²) in [5.41, 5.74) is 5.96. The first-order chi connectivity index (χ1) is 13.3. The molecule has 3 N–H and O–H groups in total. The maximum absolute atomic E-state index is 12.9. The van der Waals surface area contributed by atoms with Crippen LogP contribution in [0.25, 0.3) is 10.2 Å². The van der Waals surface area contributed by atoms with Crippen LogP contribution in [0.15, 0.2) is 35.4 Å². The number of rotatable bonds is 6. The van der Waals surface area contributed by atoms with Crippen LogP contribution >= 0.6 is 11.3 Å². The van der Waals surface area contributed by atoms with Crippen molar-refractivity contribution < 1.29 is 14.3 Å². The van der Waals surface area contributed by atoms with Crippen molar-refractivity contribution in [1.29, 1.82) is 0 Å². The summed E-state index contributed by atoms with van der Waals surface area (Å²) in [6.07, 6.45) is 1.31. The van der Waals surface area contributed by atoms with Crippen molar-refractivity contribution in [3.63, 3.8) is 0 Å². The van der Waals surface area contributed by atoms with E-state index in [1.165, 1.54) is 10.9 Å². The molecule has 146 valence electrons. The van der Waals surface area contributed by atoms with Gasteiger partial charge >= 0.3 is 0 Å².